The number of para-hydroxylation sites is 2. The van der Waals surface area contributed by atoms with E-state index in [0.29, 0.717) is 11.4 Å². The van der Waals surface area contributed by atoms with Crippen LogP contribution in [0.1, 0.15) is 43.4 Å². The first-order valence-electron chi connectivity index (χ1n) is 13.2. The Balaban J connectivity index is 1.57. The highest BCUT2D eigenvalue weighted by atomic mass is 32.2. The summed E-state index contributed by atoms with van der Waals surface area (Å²) in [5.41, 5.74) is 2.20. The van der Waals surface area contributed by atoms with Gasteiger partial charge in [0.1, 0.15) is 17.8 Å². The van der Waals surface area contributed by atoms with Crippen molar-refractivity contribution in [3.63, 3.8) is 0 Å². The van der Waals surface area contributed by atoms with Gasteiger partial charge in [-0.05, 0) is 48.9 Å². The van der Waals surface area contributed by atoms with E-state index in [0.717, 1.165) is 21.6 Å². The zero-order chi connectivity index (χ0) is 29.4. The lowest BCUT2D eigenvalue weighted by Gasteiger charge is -2.33. The molecule has 2 heterocycles. The Morgan fingerprint density at radius 3 is 2.45 bits per heavy atom. The summed E-state index contributed by atoms with van der Waals surface area (Å²) in [5.74, 6) is -2.35. The maximum Gasteiger partial charge on any atom is 0.246 e. The van der Waals surface area contributed by atoms with Gasteiger partial charge in [0.15, 0.2) is 0 Å². The molecule has 0 radical (unpaired) electrons. The first kappa shape index (κ1) is 29.1. The Hall–Kier alpha value is -3.91. The van der Waals surface area contributed by atoms with Crippen molar-refractivity contribution in [2.24, 2.45) is 5.92 Å². The van der Waals surface area contributed by atoms with Gasteiger partial charge in [0, 0.05) is 25.7 Å². The molecule has 3 amide bonds. The lowest BCUT2D eigenvalue weighted by atomic mass is 9.80. The molecule has 10 nitrogen and oxygen atoms in total. The summed E-state index contributed by atoms with van der Waals surface area (Å²) in [6.45, 7) is 7.33. The quantitative estimate of drug-likeness (QED) is 0.505. The molecule has 1 saturated heterocycles. The molecule has 11 heteroatoms. The average molecular weight is 566 g/mol. The summed E-state index contributed by atoms with van der Waals surface area (Å²) in [5, 5.41) is 12.8. The second kappa shape index (κ2) is 10.9. The van der Waals surface area contributed by atoms with E-state index < -0.39 is 45.1 Å². The summed E-state index contributed by atoms with van der Waals surface area (Å²) in [7, 11) is -2.67. The van der Waals surface area contributed by atoms with Crippen LogP contribution in [0.4, 0.5) is 11.4 Å². The number of sulfonamides is 1. The minimum atomic E-state index is -4.08. The zero-order valence-corrected chi connectivity index (χ0v) is 24.2. The monoisotopic (exact) mass is 565 g/mol. The number of hydrogen-bond acceptors (Lipinski definition) is 6. The first-order valence-corrected chi connectivity index (χ1v) is 14.9. The van der Waals surface area contributed by atoms with Crippen molar-refractivity contribution in [1.29, 1.82) is 5.26 Å². The van der Waals surface area contributed by atoms with Crippen LogP contribution in [0.15, 0.2) is 42.5 Å². The molecule has 0 aliphatic carbocycles. The Bertz CT molecular complexity index is 1480. The van der Waals surface area contributed by atoms with Crippen molar-refractivity contribution in [1.82, 2.24) is 9.80 Å². The van der Waals surface area contributed by atoms with Gasteiger partial charge < -0.3 is 15.1 Å². The number of aryl methyl sites for hydroxylation is 2. The van der Waals surface area contributed by atoms with Crippen molar-refractivity contribution in [3.8, 4) is 6.07 Å². The predicted octanol–water partition coefficient (Wildman–Crippen LogP) is 2.93. The number of benzene rings is 2. The number of carbonyl (C=O) groups is 3. The fourth-order valence-electron chi connectivity index (χ4n) is 5.65. The standard InChI is InChI=1S/C29H35N5O5S/c1-18(2)13-24(33(5)25(35)16-40(38,39)32-26-19(3)9-8-10-20(26)4)27(36)34-17-29(14-21(34)15-30)22-11-6-7-12-23(22)31-28(29)37/h6-12,18,21,24,32H,13-14,16-17H2,1-5H3,(H,31,37)/t21-,24-,29-/m0/s1. The largest absolute Gasteiger partial charge is 0.333 e. The van der Waals surface area contributed by atoms with E-state index in [2.05, 4.69) is 16.1 Å². The minimum absolute atomic E-state index is 0.00402. The molecule has 2 aliphatic heterocycles. The van der Waals surface area contributed by atoms with Gasteiger partial charge in [0.05, 0.1) is 17.2 Å². The van der Waals surface area contributed by atoms with E-state index in [1.165, 1.54) is 11.9 Å². The van der Waals surface area contributed by atoms with Crippen LogP contribution in [0.5, 0.6) is 0 Å². The molecule has 1 fully saturated rings. The third-order valence-corrected chi connectivity index (χ3v) is 8.95. The molecule has 0 aromatic heterocycles. The normalized spacial score (nSPS) is 20.7. The number of nitrogens with zero attached hydrogens (tertiary/aromatic N) is 3. The molecule has 0 saturated carbocycles. The molecule has 212 valence electrons. The number of likely N-dealkylation sites (tertiary alicyclic amines) is 1. The lowest BCUT2D eigenvalue weighted by molar-refractivity contribution is -0.144. The third-order valence-electron chi connectivity index (χ3n) is 7.81. The number of likely N-dealkylation sites (N-methyl/N-ethyl adjacent to an activating group) is 1. The van der Waals surface area contributed by atoms with Crippen LogP contribution in [0.3, 0.4) is 0 Å². The van der Waals surface area contributed by atoms with Gasteiger partial charge >= 0.3 is 0 Å². The smallest absolute Gasteiger partial charge is 0.246 e. The van der Waals surface area contributed by atoms with Gasteiger partial charge in [-0.2, -0.15) is 5.26 Å². The number of fused-ring (bicyclic) bond motifs is 2. The van der Waals surface area contributed by atoms with Crippen LogP contribution in [0.2, 0.25) is 0 Å². The zero-order valence-electron chi connectivity index (χ0n) is 23.4. The Kier molecular flexibility index (Phi) is 7.94. The lowest BCUT2D eigenvalue weighted by Crippen LogP contribution is -2.53. The van der Waals surface area contributed by atoms with Crippen LogP contribution in [-0.2, 0) is 29.8 Å². The van der Waals surface area contributed by atoms with Gasteiger partial charge in [0.25, 0.3) is 0 Å². The van der Waals surface area contributed by atoms with Gasteiger partial charge in [-0.15, -0.1) is 0 Å². The van der Waals surface area contributed by atoms with Crippen molar-refractivity contribution in [2.45, 2.75) is 58.0 Å². The molecule has 4 rings (SSSR count). The van der Waals surface area contributed by atoms with E-state index in [4.69, 9.17) is 0 Å². The number of rotatable bonds is 8. The van der Waals surface area contributed by atoms with E-state index >= 15 is 0 Å². The van der Waals surface area contributed by atoms with Crippen molar-refractivity contribution < 1.29 is 22.8 Å². The topological polar surface area (TPSA) is 140 Å². The van der Waals surface area contributed by atoms with Gasteiger partial charge in [-0.25, -0.2) is 8.42 Å². The number of anilines is 2. The fourth-order valence-corrected chi connectivity index (χ4v) is 6.89. The van der Waals surface area contributed by atoms with Crippen molar-refractivity contribution in [3.05, 3.63) is 59.2 Å². The first-order chi connectivity index (χ1) is 18.8. The predicted molar refractivity (Wildman–Crippen MR) is 152 cm³/mol. The van der Waals surface area contributed by atoms with Gasteiger partial charge in [0.2, 0.25) is 27.7 Å². The summed E-state index contributed by atoms with van der Waals surface area (Å²) in [4.78, 5) is 42.9. The molecule has 2 N–H and O–H groups in total. The molecule has 0 unspecified atom stereocenters. The molecule has 2 aliphatic rings. The number of amides is 3. The van der Waals surface area contributed by atoms with Crippen LogP contribution < -0.4 is 10.0 Å². The number of carbonyl (C=O) groups excluding carboxylic acids is 3. The number of nitrogens with one attached hydrogen (secondary N) is 2. The second-order valence-corrected chi connectivity index (χ2v) is 12.9. The maximum absolute atomic E-state index is 14.0. The highest BCUT2D eigenvalue weighted by Crippen LogP contribution is 2.46. The maximum atomic E-state index is 14.0. The van der Waals surface area contributed by atoms with E-state index in [9.17, 15) is 28.1 Å². The summed E-state index contributed by atoms with van der Waals surface area (Å²) in [6, 6.07) is 12.9. The number of nitriles is 1. The Labute approximate surface area is 235 Å². The van der Waals surface area contributed by atoms with Gasteiger partial charge in [-0.3, -0.25) is 19.1 Å². The summed E-state index contributed by atoms with van der Waals surface area (Å²) < 4.78 is 28.4. The van der Waals surface area contributed by atoms with Crippen molar-refractivity contribution >= 4 is 39.1 Å². The summed E-state index contributed by atoms with van der Waals surface area (Å²) >= 11 is 0. The Morgan fingerprint density at radius 1 is 1.18 bits per heavy atom. The van der Waals surface area contributed by atoms with E-state index in [1.54, 1.807) is 38.1 Å². The van der Waals surface area contributed by atoms with Crippen LogP contribution in [-0.4, -0.2) is 67.4 Å². The molecular weight excluding hydrogens is 530 g/mol. The molecule has 0 bridgehead atoms. The van der Waals surface area contributed by atoms with Crippen LogP contribution in [0, 0.1) is 31.1 Å². The minimum Gasteiger partial charge on any atom is -0.333 e. The van der Waals surface area contributed by atoms with Crippen LogP contribution in [0.25, 0.3) is 0 Å². The van der Waals surface area contributed by atoms with Gasteiger partial charge in [-0.1, -0.05) is 50.2 Å². The highest BCUT2D eigenvalue weighted by Gasteiger charge is 2.56. The van der Waals surface area contributed by atoms with Crippen LogP contribution >= 0.6 is 0 Å². The van der Waals surface area contributed by atoms with Crippen molar-refractivity contribution in [2.75, 3.05) is 29.4 Å². The van der Waals surface area contributed by atoms with E-state index in [-0.39, 0.29) is 31.2 Å². The highest BCUT2D eigenvalue weighted by molar-refractivity contribution is 7.93. The molecule has 2 aromatic rings. The fraction of sp³-hybridized carbons (Fsp3) is 0.448. The number of hydrogen-bond donors (Lipinski definition) is 2. The summed E-state index contributed by atoms with van der Waals surface area (Å²) in [6.07, 6.45) is 0.397. The molecule has 2 aromatic carbocycles. The second-order valence-electron chi connectivity index (χ2n) is 11.2. The molecular formula is C29H35N5O5S. The molecule has 1 spiro atoms. The van der Waals surface area contributed by atoms with E-state index in [1.807, 2.05) is 32.0 Å². The average Bonchev–Trinajstić information content (AvgIpc) is 3.41. The molecule has 40 heavy (non-hydrogen) atoms. The Morgan fingerprint density at radius 2 is 1.82 bits per heavy atom. The molecule has 3 atom stereocenters. The third kappa shape index (κ3) is 5.41. The SMILES string of the molecule is Cc1cccc(C)c1NS(=O)(=O)CC(=O)N(C)[C@@H](CC(C)C)C(=O)N1C[C@]2(C[C@H]1C#N)C(=O)Nc1ccccc12.